The Kier molecular flexibility index (Phi) is 6.64. The van der Waals surface area contributed by atoms with Gasteiger partial charge in [-0.1, -0.05) is 31.2 Å². The molecule has 2 aromatic carbocycles. The number of nitrogens with one attached hydrogen (secondary N) is 1. The van der Waals surface area contributed by atoms with E-state index in [9.17, 15) is 13.2 Å². The summed E-state index contributed by atoms with van der Waals surface area (Å²) in [4.78, 5) is 12.6. The minimum atomic E-state index is -3.52. The Bertz CT molecular complexity index is 944. The van der Waals surface area contributed by atoms with Crippen molar-refractivity contribution >= 4 is 21.6 Å². The van der Waals surface area contributed by atoms with E-state index < -0.39 is 16.1 Å². The fourth-order valence-corrected chi connectivity index (χ4v) is 4.16. The third-order valence-electron chi connectivity index (χ3n) is 4.73. The van der Waals surface area contributed by atoms with E-state index in [1.165, 1.54) is 9.87 Å². The number of rotatable bonds is 8. The van der Waals surface area contributed by atoms with Gasteiger partial charge in [0.1, 0.15) is 18.1 Å². The van der Waals surface area contributed by atoms with Crippen LogP contribution in [0.25, 0.3) is 0 Å². The van der Waals surface area contributed by atoms with Crippen LogP contribution in [0.3, 0.4) is 0 Å². The van der Waals surface area contributed by atoms with E-state index in [-0.39, 0.29) is 24.7 Å². The Morgan fingerprint density at radius 2 is 1.90 bits per heavy atom. The van der Waals surface area contributed by atoms with Crippen LogP contribution in [0.2, 0.25) is 0 Å². The van der Waals surface area contributed by atoms with E-state index in [2.05, 4.69) is 12.2 Å². The summed E-state index contributed by atoms with van der Waals surface area (Å²) in [5, 5.41) is 2.76. The quantitative estimate of drug-likeness (QED) is 0.666. The first-order valence-corrected chi connectivity index (χ1v) is 11.3. The molecule has 1 N–H and O–H groups in total. The number of sulfonamides is 1. The number of hydrogen-bond donors (Lipinski definition) is 1. The minimum absolute atomic E-state index is 0.0552. The highest BCUT2D eigenvalue weighted by Crippen LogP contribution is 2.35. The summed E-state index contributed by atoms with van der Waals surface area (Å²) in [6.45, 7) is 4.20. The van der Waals surface area contributed by atoms with Crippen LogP contribution in [0.1, 0.15) is 19.4 Å². The number of aryl methyl sites for hydroxylation is 1. The smallest absolute Gasteiger partial charge is 0.263 e. The number of carbonyl (C=O) groups is 1. The van der Waals surface area contributed by atoms with Crippen LogP contribution < -0.4 is 19.1 Å². The molecule has 0 fully saturated rings. The Labute approximate surface area is 171 Å². The van der Waals surface area contributed by atoms with Crippen LogP contribution >= 0.6 is 0 Å². The highest BCUT2D eigenvalue weighted by atomic mass is 32.2. The molecule has 1 heterocycles. The van der Waals surface area contributed by atoms with Crippen LogP contribution in [0.5, 0.6) is 11.5 Å². The van der Waals surface area contributed by atoms with Crippen molar-refractivity contribution in [2.45, 2.75) is 26.4 Å². The van der Waals surface area contributed by atoms with Crippen LogP contribution in [-0.2, 0) is 21.2 Å². The SMILES string of the molecule is CCc1ccc(OCCNC(=O)[C@@H]2CN(S(=O)(=O)CC)c3ccccc3O2)cc1. The fourth-order valence-electron chi connectivity index (χ4n) is 3.04. The zero-order chi connectivity index (χ0) is 20.9. The molecule has 29 heavy (non-hydrogen) atoms. The summed E-state index contributed by atoms with van der Waals surface area (Å²) in [6, 6.07) is 14.6. The molecule has 0 saturated heterocycles. The maximum absolute atomic E-state index is 12.6. The maximum atomic E-state index is 12.6. The number of para-hydroxylation sites is 2. The van der Waals surface area contributed by atoms with E-state index in [0.717, 1.165) is 12.2 Å². The lowest BCUT2D eigenvalue weighted by Crippen LogP contribution is -2.51. The van der Waals surface area contributed by atoms with Gasteiger partial charge in [0.15, 0.2) is 6.10 Å². The van der Waals surface area contributed by atoms with E-state index in [1.807, 2.05) is 24.3 Å². The lowest BCUT2D eigenvalue weighted by atomic mass is 10.2. The van der Waals surface area contributed by atoms with E-state index in [0.29, 0.717) is 18.0 Å². The number of hydrogen-bond acceptors (Lipinski definition) is 5. The molecule has 2 aromatic rings. The molecule has 3 rings (SSSR count). The largest absolute Gasteiger partial charge is 0.492 e. The Balaban J connectivity index is 1.58. The van der Waals surface area contributed by atoms with Gasteiger partial charge in [-0.2, -0.15) is 0 Å². The molecule has 0 radical (unpaired) electrons. The Morgan fingerprint density at radius 1 is 1.17 bits per heavy atom. The zero-order valence-corrected chi connectivity index (χ0v) is 17.4. The zero-order valence-electron chi connectivity index (χ0n) is 16.6. The first kappa shape index (κ1) is 21.0. The van der Waals surface area contributed by atoms with Gasteiger partial charge >= 0.3 is 0 Å². The van der Waals surface area contributed by atoms with Crippen LogP contribution in [-0.4, -0.2) is 45.9 Å². The summed E-state index contributed by atoms with van der Waals surface area (Å²) in [7, 11) is -3.52. The summed E-state index contributed by atoms with van der Waals surface area (Å²) >= 11 is 0. The van der Waals surface area contributed by atoms with Gasteiger partial charge in [0.25, 0.3) is 5.91 Å². The highest BCUT2D eigenvalue weighted by molar-refractivity contribution is 7.92. The number of anilines is 1. The molecular weight excluding hydrogens is 392 g/mol. The average molecular weight is 419 g/mol. The van der Waals surface area contributed by atoms with Gasteiger partial charge in [-0.25, -0.2) is 8.42 Å². The Morgan fingerprint density at radius 3 is 2.59 bits per heavy atom. The van der Waals surface area contributed by atoms with Gasteiger partial charge in [-0.3, -0.25) is 9.10 Å². The van der Waals surface area contributed by atoms with Crippen molar-refractivity contribution in [2.75, 3.05) is 29.8 Å². The topological polar surface area (TPSA) is 84.9 Å². The fraction of sp³-hybridized carbons (Fsp3) is 0.381. The van der Waals surface area contributed by atoms with Crippen molar-refractivity contribution in [2.24, 2.45) is 0 Å². The third-order valence-corrected chi connectivity index (χ3v) is 6.48. The van der Waals surface area contributed by atoms with E-state index in [4.69, 9.17) is 9.47 Å². The predicted molar refractivity (Wildman–Crippen MR) is 112 cm³/mol. The first-order chi connectivity index (χ1) is 13.9. The molecule has 1 aliphatic heterocycles. The maximum Gasteiger partial charge on any atom is 0.263 e. The summed E-state index contributed by atoms with van der Waals surface area (Å²) in [5.41, 5.74) is 1.68. The number of ether oxygens (including phenoxy) is 2. The van der Waals surface area contributed by atoms with Gasteiger partial charge in [0.2, 0.25) is 10.0 Å². The van der Waals surface area contributed by atoms with Crippen molar-refractivity contribution in [3.63, 3.8) is 0 Å². The molecule has 0 saturated carbocycles. The van der Waals surface area contributed by atoms with Gasteiger partial charge in [-0.15, -0.1) is 0 Å². The normalized spacial score (nSPS) is 15.9. The number of amides is 1. The Hall–Kier alpha value is -2.74. The second-order valence-electron chi connectivity index (χ2n) is 6.64. The molecule has 156 valence electrons. The van der Waals surface area contributed by atoms with Crippen LogP contribution in [0, 0.1) is 0 Å². The van der Waals surface area contributed by atoms with E-state index >= 15 is 0 Å². The van der Waals surface area contributed by atoms with E-state index in [1.54, 1.807) is 31.2 Å². The molecule has 0 unspecified atom stereocenters. The summed E-state index contributed by atoms with van der Waals surface area (Å²) < 4.78 is 37.6. The molecule has 7 nitrogen and oxygen atoms in total. The third kappa shape index (κ3) is 5.00. The molecule has 0 aliphatic carbocycles. The summed E-state index contributed by atoms with van der Waals surface area (Å²) in [5.74, 6) is 0.684. The second-order valence-corrected chi connectivity index (χ2v) is 8.82. The van der Waals surface area contributed by atoms with Crippen LogP contribution in [0.15, 0.2) is 48.5 Å². The van der Waals surface area contributed by atoms with Crippen molar-refractivity contribution in [3.8, 4) is 11.5 Å². The number of nitrogens with zero attached hydrogens (tertiary/aromatic N) is 1. The molecule has 0 spiro atoms. The molecule has 1 amide bonds. The van der Waals surface area contributed by atoms with Gasteiger partial charge in [-0.05, 0) is 43.2 Å². The van der Waals surface area contributed by atoms with Crippen molar-refractivity contribution in [3.05, 3.63) is 54.1 Å². The van der Waals surface area contributed by atoms with Gasteiger partial charge in [0, 0.05) is 0 Å². The molecule has 1 atom stereocenters. The number of fused-ring (bicyclic) bond motifs is 1. The molecular formula is C21H26N2O5S. The lowest BCUT2D eigenvalue weighted by Gasteiger charge is -2.34. The van der Waals surface area contributed by atoms with Crippen molar-refractivity contribution < 1.29 is 22.7 Å². The van der Waals surface area contributed by atoms with Crippen LogP contribution in [0.4, 0.5) is 5.69 Å². The standard InChI is InChI=1S/C21H26N2O5S/c1-3-16-9-11-17(12-10-16)27-14-13-22-21(24)20-15-23(29(25,26)4-2)18-7-5-6-8-19(18)28-20/h5-12,20H,3-4,13-15H2,1-2H3,(H,22,24)/t20-/m0/s1. The lowest BCUT2D eigenvalue weighted by molar-refractivity contribution is -0.127. The monoisotopic (exact) mass is 418 g/mol. The average Bonchev–Trinajstić information content (AvgIpc) is 2.76. The highest BCUT2D eigenvalue weighted by Gasteiger charge is 2.35. The van der Waals surface area contributed by atoms with Crippen molar-refractivity contribution in [1.82, 2.24) is 5.32 Å². The molecule has 0 bridgehead atoms. The predicted octanol–water partition coefficient (Wildman–Crippen LogP) is 2.36. The molecule has 0 aromatic heterocycles. The number of carbonyl (C=O) groups excluding carboxylic acids is 1. The summed E-state index contributed by atoms with van der Waals surface area (Å²) in [6.07, 6.45) is 0.0427. The van der Waals surface area contributed by atoms with Crippen molar-refractivity contribution in [1.29, 1.82) is 0 Å². The van der Waals surface area contributed by atoms with Gasteiger partial charge in [0.05, 0.1) is 24.5 Å². The second kappa shape index (κ2) is 9.17. The minimum Gasteiger partial charge on any atom is -0.492 e. The molecule has 8 heteroatoms. The number of benzene rings is 2. The van der Waals surface area contributed by atoms with Gasteiger partial charge < -0.3 is 14.8 Å². The molecule has 1 aliphatic rings. The first-order valence-electron chi connectivity index (χ1n) is 9.70.